The highest BCUT2D eigenvalue weighted by molar-refractivity contribution is 6.05. The number of hydrogen-bond acceptors (Lipinski definition) is 4. The average molecular weight is 504 g/mol. The van der Waals surface area contributed by atoms with Crippen molar-refractivity contribution in [3.8, 4) is 33.9 Å². The lowest BCUT2D eigenvalue weighted by Gasteiger charge is -2.13. The van der Waals surface area contributed by atoms with Gasteiger partial charge in [-0.1, -0.05) is 78.9 Å². The van der Waals surface area contributed by atoms with Gasteiger partial charge in [0.15, 0.2) is 11.5 Å². The van der Waals surface area contributed by atoms with Crippen LogP contribution in [0.25, 0.3) is 33.3 Å². The molecule has 1 aromatic heterocycles. The van der Waals surface area contributed by atoms with Gasteiger partial charge in [-0.2, -0.15) is 5.10 Å². The molecule has 190 valence electrons. The number of carbonyl (C=O) groups is 1. The molecule has 0 unspecified atom stereocenters. The highest BCUT2D eigenvalue weighted by Gasteiger charge is 2.21. The Bertz CT molecular complexity index is 1610. The molecule has 5 aromatic rings. The van der Waals surface area contributed by atoms with Crippen LogP contribution >= 0.6 is 0 Å². The van der Waals surface area contributed by atoms with Crippen molar-refractivity contribution in [2.45, 2.75) is 19.9 Å². The molecule has 4 aromatic carbocycles. The number of nitrogens with zero attached hydrogens (tertiary/aromatic N) is 2. The van der Waals surface area contributed by atoms with Crippen molar-refractivity contribution in [1.29, 1.82) is 0 Å². The second kappa shape index (κ2) is 11.0. The summed E-state index contributed by atoms with van der Waals surface area (Å²) in [4.78, 5) is 12.8. The van der Waals surface area contributed by atoms with Crippen molar-refractivity contribution in [1.82, 2.24) is 9.99 Å². The van der Waals surface area contributed by atoms with Gasteiger partial charge in [0.25, 0.3) is 0 Å². The number of aryl methyl sites for hydroxylation is 2. The Morgan fingerprint density at radius 2 is 1.66 bits per heavy atom. The molecule has 1 amide bonds. The van der Waals surface area contributed by atoms with Crippen molar-refractivity contribution in [3.63, 3.8) is 0 Å². The second-order valence-corrected chi connectivity index (χ2v) is 9.05. The number of aromatic hydroxyl groups is 1. The third-order valence-electron chi connectivity index (χ3n) is 6.56. The molecule has 0 bridgehead atoms. The number of hydrazone groups is 1. The average Bonchev–Trinajstić information content (AvgIpc) is 3.29. The fraction of sp³-hybridized carbons (Fsp3) is 0.125. The summed E-state index contributed by atoms with van der Waals surface area (Å²) in [6.07, 6.45) is 1.78. The van der Waals surface area contributed by atoms with Crippen LogP contribution in [-0.2, 0) is 11.3 Å². The van der Waals surface area contributed by atoms with Crippen LogP contribution in [0.2, 0.25) is 0 Å². The maximum absolute atomic E-state index is 12.8. The predicted octanol–water partition coefficient (Wildman–Crippen LogP) is 6.54. The Morgan fingerprint density at radius 1 is 0.947 bits per heavy atom. The minimum atomic E-state index is -0.192. The van der Waals surface area contributed by atoms with Gasteiger partial charge in [0.2, 0.25) is 5.91 Å². The van der Waals surface area contributed by atoms with Crippen LogP contribution in [0.15, 0.2) is 102 Å². The first-order valence-electron chi connectivity index (χ1n) is 12.5. The summed E-state index contributed by atoms with van der Waals surface area (Å²) in [6.45, 7) is 2.60. The summed E-state index contributed by atoms with van der Waals surface area (Å²) in [5, 5.41) is 15.0. The fourth-order valence-corrected chi connectivity index (χ4v) is 4.83. The molecule has 0 aliphatic heterocycles. The Labute approximate surface area is 221 Å². The summed E-state index contributed by atoms with van der Waals surface area (Å²) < 4.78 is 7.39. The number of phenolic OH excluding ortho intramolecular Hbond substituents is 1. The molecule has 0 saturated heterocycles. The van der Waals surface area contributed by atoms with Gasteiger partial charge in [-0.15, -0.1) is 0 Å². The van der Waals surface area contributed by atoms with E-state index in [1.165, 1.54) is 19.4 Å². The molecule has 6 nitrogen and oxygen atoms in total. The Hall–Kier alpha value is -4.84. The highest BCUT2D eigenvalue weighted by Crippen LogP contribution is 2.42. The highest BCUT2D eigenvalue weighted by atomic mass is 16.5. The Kier molecular flexibility index (Phi) is 7.22. The Morgan fingerprint density at radius 3 is 2.37 bits per heavy atom. The molecule has 1 heterocycles. The van der Waals surface area contributed by atoms with Gasteiger partial charge in [-0.05, 0) is 47.4 Å². The van der Waals surface area contributed by atoms with E-state index in [9.17, 15) is 9.90 Å². The molecule has 0 aliphatic carbocycles. The zero-order valence-electron chi connectivity index (χ0n) is 21.4. The molecule has 0 radical (unpaired) electrons. The van der Waals surface area contributed by atoms with E-state index in [1.54, 1.807) is 12.1 Å². The molecular formula is C32H29N3O3. The van der Waals surface area contributed by atoms with Crippen LogP contribution in [0.3, 0.4) is 0 Å². The predicted molar refractivity (Wildman–Crippen MR) is 153 cm³/mol. The molecule has 6 heteroatoms. The topological polar surface area (TPSA) is 75.8 Å². The van der Waals surface area contributed by atoms with Crippen molar-refractivity contribution in [2.75, 3.05) is 7.11 Å². The zero-order chi connectivity index (χ0) is 26.5. The number of aromatic nitrogens is 1. The first kappa shape index (κ1) is 24.8. The van der Waals surface area contributed by atoms with Gasteiger partial charge in [-0.3, -0.25) is 4.79 Å². The van der Waals surface area contributed by atoms with E-state index in [4.69, 9.17) is 4.74 Å². The number of hydrogen-bond donors (Lipinski definition) is 2. The SMILES string of the molecule is COc1cc(/C=N\NC(=O)CCn2c(-c3ccccc3)c(-c3ccccc3)c3cccc(C)c32)ccc1O. The first-order valence-corrected chi connectivity index (χ1v) is 12.5. The number of rotatable bonds is 8. The number of para-hydroxylation sites is 1. The molecule has 0 spiro atoms. The number of ether oxygens (including phenoxy) is 1. The molecule has 0 atom stereocenters. The lowest BCUT2D eigenvalue weighted by molar-refractivity contribution is -0.121. The maximum Gasteiger partial charge on any atom is 0.241 e. The molecule has 5 rings (SSSR count). The third-order valence-corrected chi connectivity index (χ3v) is 6.56. The lowest BCUT2D eigenvalue weighted by Crippen LogP contribution is -2.19. The normalized spacial score (nSPS) is 11.2. The van der Waals surface area contributed by atoms with Gasteiger partial charge in [0.05, 0.1) is 24.5 Å². The fourth-order valence-electron chi connectivity index (χ4n) is 4.83. The summed E-state index contributed by atoms with van der Waals surface area (Å²) in [5.74, 6) is 0.201. The van der Waals surface area contributed by atoms with E-state index in [1.807, 2.05) is 24.3 Å². The largest absolute Gasteiger partial charge is 0.504 e. The van der Waals surface area contributed by atoms with Gasteiger partial charge >= 0.3 is 0 Å². The van der Waals surface area contributed by atoms with Gasteiger partial charge in [0.1, 0.15) is 0 Å². The number of methoxy groups -OCH3 is 1. The van der Waals surface area contributed by atoms with Crippen LogP contribution in [-0.4, -0.2) is 28.9 Å². The van der Waals surface area contributed by atoms with Gasteiger partial charge < -0.3 is 14.4 Å². The maximum atomic E-state index is 12.8. The number of fused-ring (bicyclic) bond motifs is 1. The minimum absolute atomic E-state index is 0.0482. The van der Waals surface area contributed by atoms with E-state index >= 15 is 0 Å². The number of carbonyl (C=O) groups excluding carboxylic acids is 1. The lowest BCUT2D eigenvalue weighted by atomic mass is 9.98. The molecular weight excluding hydrogens is 474 g/mol. The Balaban J connectivity index is 1.47. The van der Waals surface area contributed by atoms with Crippen LogP contribution in [0, 0.1) is 6.92 Å². The summed E-state index contributed by atoms with van der Waals surface area (Å²) in [5.41, 5.74) is 10.1. The zero-order valence-corrected chi connectivity index (χ0v) is 21.4. The van der Waals surface area contributed by atoms with Crippen molar-refractivity contribution in [3.05, 3.63) is 108 Å². The molecule has 0 aliphatic rings. The summed E-state index contributed by atoms with van der Waals surface area (Å²) >= 11 is 0. The third kappa shape index (κ3) is 5.02. The smallest absolute Gasteiger partial charge is 0.241 e. The van der Waals surface area contributed by atoms with E-state index < -0.39 is 0 Å². The monoisotopic (exact) mass is 503 g/mol. The minimum Gasteiger partial charge on any atom is -0.504 e. The number of benzene rings is 4. The van der Waals surface area contributed by atoms with E-state index in [0.29, 0.717) is 17.9 Å². The van der Waals surface area contributed by atoms with Crippen molar-refractivity contribution < 1.29 is 14.6 Å². The van der Waals surface area contributed by atoms with Gasteiger partial charge in [-0.25, -0.2) is 5.43 Å². The first-order chi connectivity index (χ1) is 18.6. The van der Waals surface area contributed by atoms with Gasteiger partial charge in [0, 0.05) is 23.9 Å². The number of amides is 1. The van der Waals surface area contributed by atoms with E-state index in [0.717, 1.165) is 38.9 Å². The van der Waals surface area contributed by atoms with Crippen LogP contribution < -0.4 is 10.2 Å². The van der Waals surface area contributed by atoms with Crippen molar-refractivity contribution >= 4 is 23.0 Å². The molecule has 0 saturated carbocycles. The molecule has 2 N–H and O–H groups in total. The molecule has 38 heavy (non-hydrogen) atoms. The van der Waals surface area contributed by atoms with Crippen LogP contribution in [0.5, 0.6) is 11.5 Å². The standard InChI is InChI=1S/C32H29N3O3/c1-22-10-9-15-26-30(24-11-5-3-6-12-24)32(25-13-7-4-8-14-25)35(31(22)26)19-18-29(37)34-33-21-23-16-17-27(36)28(20-23)38-2/h3-17,20-21,36H,18-19H2,1-2H3,(H,34,37)/b33-21-. The van der Waals surface area contributed by atoms with Crippen LogP contribution in [0.4, 0.5) is 0 Å². The van der Waals surface area contributed by atoms with E-state index in [2.05, 4.69) is 76.6 Å². The quantitative estimate of drug-likeness (QED) is 0.187. The van der Waals surface area contributed by atoms with Crippen molar-refractivity contribution in [2.24, 2.45) is 5.10 Å². The van der Waals surface area contributed by atoms with Crippen LogP contribution in [0.1, 0.15) is 17.5 Å². The number of phenols is 1. The van der Waals surface area contributed by atoms with E-state index in [-0.39, 0.29) is 18.1 Å². The molecule has 0 fully saturated rings. The number of nitrogens with one attached hydrogen (secondary N) is 1. The summed E-state index contributed by atoms with van der Waals surface area (Å²) in [6, 6.07) is 31.9. The second-order valence-electron chi connectivity index (χ2n) is 9.05. The summed E-state index contributed by atoms with van der Waals surface area (Å²) in [7, 11) is 1.48.